The number of carbonyl (C=O) groups excluding carboxylic acids is 1. The molecule has 17 heavy (non-hydrogen) atoms. The van der Waals surface area contributed by atoms with E-state index in [9.17, 15) is 14.9 Å². The standard InChI is InChI=1S/C9H15N5O3/c1-3-4-10-9(15)6(2)12-7-5-11-13-8(7)14(16)17/h5-6,12H,3-4H2,1-2H3,(H,10,15)(H,11,13). The lowest BCUT2D eigenvalue weighted by Gasteiger charge is -2.13. The Hall–Kier alpha value is -2.12. The summed E-state index contributed by atoms with van der Waals surface area (Å²) in [7, 11) is 0. The number of anilines is 1. The molecule has 0 radical (unpaired) electrons. The molecule has 1 aromatic rings. The monoisotopic (exact) mass is 241 g/mol. The topological polar surface area (TPSA) is 113 Å². The van der Waals surface area contributed by atoms with Crippen molar-refractivity contribution in [3.8, 4) is 0 Å². The van der Waals surface area contributed by atoms with Gasteiger partial charge in [-0.15, -0.1) is 5.10 Å². The van der Waals surface area contributed by atoms with E-state index in [1.807, 2.05) is 6.92 Å². The molecule has 1 aromatic heterocycles. The molecule has 0 saturated heterocycles. The van der Waals surface area contributed by atoms with Crippen LogP contribution in [0.5, 0.6) is 0 Å². The molecule has 1 rings (SSSR count). The predicted molar refractivity (Wildman–Crippen MR) is 61.6 cm³/mol. The van der Waals surface area contributed by atoms with E-state index in [1.165, 1.54) is 6.20 Å². The van der Waals surface area contributed by atoms with Gasteiger partial charge in [-0.3, -0.25) is 4.79 Å². The summed E-state index contributed by atoms with van der Waals surface area (Å²) in [6.45, 7) is 4.15. The second-order valence-electron chi connectivity index (χ2n) is 3.55. The van der Waals surface area contributed by atoms with Gasteiger partial charge in [0, 0.05) is 6.54 Å². The van der Waals surface area contributed by atoms with Crippen molar-refractivity contribution in [1.29, 1.82) is 0 Å². The molecule has 0 aliphatic heterocycles. The van der Waals surface area contributed by atoms with E-state index in [2.05, 4.69) is 20.8 Å². The summed E-state index contributed by atoms with van der Waals surface area (Å²) in [6, 6.07) is -0.558. The normalized spacial score (nSPS) is 11.9. The smallest absolute Gasteiger partial charge is 0.366 e. The van der Waals surface area contributed by atoms with E-state index < -0.39 is 11.0 Å². The van der Waals surface area contributed by atoms with E-state index in [-0.39, 0.29) is 17.4 Å². The summed E-state index contributed by atoms with van der Waals surface area (Å²) >= 11 is 0. The van der Waals surface area contributed by atoms with Crippen LogP contribution in [0.25, 0.3) is 0 Å². The quantitative estimate of drug-likeness (QED) is 0.499. The highest BCUT2D eigenvalue weighted by Gasteiger charge is 2.19. The number of nitrogens with zero attached hydrogens (tertiary/aromatic N) is 2. The number of carbonyl (C=O) groups is 1. The Bertz CT molecular complexity index is 403. The Morgan fingerprint density at radius 1 is 1.71 bits per heavy atom. The number of rotatable bonds is 6. The molecule has 0 bridgehead atoms. The number of aromatic nitrogens is 2. The van der Waals surface area contributed by atoms with Gasteiger partial charge in [-0.25, -0.2) is 0 Å². The highest BCUT2D eigenvalue weighted by molar-refractivity contribution is 5.84. The summed E-state index contributed by atoms with van der Waals surface area (Å²) in [5.41, 5.74) is 0.203. The predicted octanol–water partition coefficient (Wildman–Crippen LogP) is 0.644. The first-order chi connectivity index (χ1) is 8.06. The lowest BCUT2D eigenvalue weighted by Crippen LogP contribution is -2.37. The van der Waals surface area contributed by atoms with Gasteiger partial charge in [0.2, 0.25) is 5.91 Å². The third-order valence-electron chi connectivity index (χ3n) is 2.12. The van der Waals surface area contributed by atoms with Crippen molar-refractivity contribution in [2.45, 2.75) is 26.3 Å². The molecular formula is C9H15N5O3. The van der Waals surface area contributed by atoms with Gasteiger partial charge in [-0.05, 0) is 18.3 Å². The highest BCUT2D eigenvalue weighted by Crippen LogP contribution is 2.20. The number of hydrogen-bond acceptors (Lipinski definition) is 5. The molecule has 1 amide bonds. The Morgan fingerprint density at radius 3 is 3.00 bits per heavy atom. The van der Waals surface area contributed by atoms with Crippen LogP contribution < -0.4 is 10.6 Å². The first-order valence-electron chi connectivity index (χ1n) is 5.28. The fourth-order valence-corrected chi connectivity index (χ4v) is 1.22. The van der Waals surface area contributed by atoms with Gasteiger partial charge in [0.25, 0.3) is 0 Å². The van der Waals surface area contributed by atoms with E-state index in [1.54, 1.807) is 6.92 Å². The van der Waals surface area contributed by atoms with Crippen molar-refractivity contribution in [3.63, 3.8) is 0 Å². The molecule has 8 heteroatoms. The molecule has 1 heterocycles. The fourth-order valence-electron chi connectivity index (χ4n) is 1.22. The Kier molecular flexibility index (Phi) is 4.44. The second kappa shape index (κ2) is 5.83. The van der Waals surface area contributed by atoms with Gasteiger partial charge in [0.15, 0.2) is 5.69 Å². The first-order valence-corrected chi connectivity index (χ1v) is 5.28. The molecule has 0 saturated carbocycles. The number of aromatic amines is 1. The van der Waals surface area contributed by atoms with Crippen LogP contribution in [0.3, 0.4) is 0 Å². The van der Waals surface area contributed by atoms with Crippen molar-refractivity contribution in [1.82, 2.24) is 15.5 Å². The molecule has 1 atom stereocenters. The molecule has 8 nitrogen and oxygen atoms in total. The van der Waals surface area contributed by atoms with Crippen molar-refractivity contribution in [2.24, 2.45) is 0 Å². The van der Waals surface area contributed by atoms with Crippen molar-refractivity contribution >= 4 is 17.4 Å². The van der Waals surface area contributed by atoms with Crippen LogP contribution in [-0.4, -0.2) is 33.6 Å². The average Bonchev–Trinajstić information content (AvgIpc) is 2.73. The largest absolute Gasteiger partial charge is 0.366 e. The maximum Gasteiger partial charge on any atom is 0.366 e. The summed E-state index contributed by atoms with van der Waals surface area (Å²) in [5, 5.41) is 21.8. The van der Waals surface area contributed by atoms with Gasteiger partial charge in [-0.2, -0.15) is 0 Å². The Balaban J connectivity index is 2.61. The van der Waals surface area contributed by atoms with Crippen LogP contribution >= 0.6 is 0 Å². The Morgan fingerprint density at radius 2 is 2.41 bits per heavy atom. The lowest BCUT2D eigenvalue weighted by atomic mass is 10.3. The lowest BCUT2D eigenvalue weighted by molar-refractivity contribution is -0.388. The molecule has 1 unspecified atom stereocenters. The van der Waals surface area contributed by atoms with Crippen molar-refractivity contribution < 1.29 is 9.72 Å². The first kappa shape index (κ1) is 12.9. The third kappa shape index (κ3) is 3.44. The van der Waals surface area contributed by atoms with Crippen molar-refractivity contribution in [3.05, 3.63) is 16.3 Å². The summed E-state index contributed by atoms with van der Waals surface area (Å²) in [6.07, 6.45) is 2.12. The SMILES string of the molecule is CCCNC(=O)C(C)Nc1cn[nH]c1[N+](=O)[O-]. The zero-order valence-corrected chi connectivity index (χ0v) is 9.69. The van der Waals surface area contributed by atoms with Crippen LogP contribution in [0.15, 0.2) is 6.20 Å². The maximum atomic E-state index is 11.5. The van der Waals surface area contributed by atoms with Crippen LogP contribution in [-0.2, 0) is 4.79 Å². The molecule has 0 aromatic carbocycles. The van der Waals surface area contributed by atoms with Crippen LogP contribution in [0.2, 0.25) is 0 Å². The zero-order chi connectivity index (χ0) is 12.8. The minimum Gasteiger partial charge on any atom is -0.366 e. The summed E-state index contributed by atoms with van der Waals surface area (Å²) in [5.74, 6) is -0.456. The summed E-state index contributed by atoms with van der Waals surface area (Å²) < 4.78 is 0. The minimum absolute atomic E-state index is 0.203. The van der Waals surface area contributed by atoms with E-state index >= 15 is 0 Å². The summed E-state index contributed by atoms with van der Waals surface area (Å²) in [4.78, 5) is 21.5. The van der Waals surface area contributed by atoms with E-state index in [0.717, 1.165) is 6.42 Å². The number of amides is 1. The van der Waals surface area contributed by atoms with Crippen LogP contribution in [0.4, 0.5) is 11.5 Å². The molecule has 0 aliphatic rings. The average molecular weight is 241 g/mol. The number of H-pyrrole nitrogens is 1. The molecule has 94 valence electrons. The second-order valence-corrected chi connectivity index (χ2v) is 3.55. The van der Waals surface area contributed by atoms with Crippen LogP contribution in [0, 0.1) is 10.1 Å². The maximum absolute atomic E-state index is 11.5. The van der Waals surface area contributed by atoms with Gasteiger partial charge in [-0.1, -0.05) is 12.0 Å². The van der Waals surface area contributed by atoms with E-state index in [0.29, 0.717) is 6.54 Å². The molecular weight excluding hydrogens is 226 g/mol. The van der Waals surface area contributed by atoms with Gasteiger partial charge in [0.05, 0.1) is 0 Å². The third-order valence-corrected chi connectivity index (χ3v) is 2.12. The van der Waals surface area contributed by atoms with Gasteiger partial charge in [0.1, 0.15) is 12.2 Å². The number of nitro groups is 1. The molecule has 3 N–H and O–H groups in total. The highest BCUT2D eigenvalue weighted by atomic mass is 16.6. The molecule has 0 aliphatic carbocycles. The Labute approximate surface area is 97.9 Å². The molecule has 0 spiro atoms. The number of nitrogens with one attached hydrogen (secondary N) is 3. The number of hydrogen-bond donors (Lipinski definition) is 3. The van der Waals surface area contributed by atoms with Gasteiger partial charge >= 0.3 is 5.82 Å². The zero-order valence-electron chi connectivity index (χ0n) is 9.69. The van der Waals surface area contributed by atoms with E-state index in [4.69, 9.17) is 0 Å². The van der Waals surface area contributed by atoms with Crippen molar-refractivity contribution in [2.75, 3.05) is 11.9 Å². The van der Waals surface area contributed by atoms with Crippen LogP contribution in [0.1, 0.15) is 20.3 Å². The fraction of sp³-hybridized carbons (Fsp3) is 0.556. The minimum atomic E-state index is -0.591. The van der Waals surface area contributed by atoms with Gasteiger partial charge < -0.3 is 20.7 Å². The molecule has 0 fully saturated rings.